The number of likely N-dealkylation sites (tertiary alicyclic amines) is 1. The molecule has 1 fully saturated rings. The zero-order valence-electron chi connectivity index (χ0n) is 11.2. The van der Waals surface area contributed by atoms with Crippen molar-refractivity contribution >= 4 is 27.5 Å². The maximum Gasteiger partial charge on any atom is 0.419 e. The Balaban J connectivity index is 1.84. The van der Waals surface area contributed by atoms with Crippen LogP contribution in [0.2, 0.25) is 0 Å². The lowest BCUT2D eigenvalue weighted by Crippen LogP contribution is -2.70. The van der Waals surface area contributed by atoms with Crippen LogP contribution in [0, 0.1) is 0 Å². The molecule has 4 nitrogen and oxygen atoms in total. The number of benzene rings is 1. The van der Waals surface area contributed by atoms with Gasteiger partial charge < -0.3 is 10.1 Å². The first kappa shape index (κ1) is 16.3. The molecule has 1 aliphatic rings. The van der Waals surface area contributed by atoms with Gasteiger partial charge in [0.05, 0.1) is 6.54 Å². The van der Waals surface area contributed by atoms with Gasteiger partial charge in [-0.05, 0) is 24.3 Å². The monoisotopic (exact) mass is 366 g/mol. The first-order valence-corrected chi connectivity index (χ1v) is 6.95. The van der Waals surface area contributed by atoms with E-state index in [-0.39, 0.29) is 25.5 Å². The molecule has 1 N–H and O–H groups in total. The lowest BCUT2D eigenvalue weighted by molar-refractivity contribution is -0.309. The Bertz CT molecular complexity index is 513. The summed E-state index contributed by atoms with van der Waals surface area (Å²) in [5.41, 5.74) is -1.55. The highest BCUT2D eigenvalue weighted by molar-refractivity contribution is 9.10. The number of nitrogens with one attached hydrogen (secondary N) is 1. The predicted octanol–water partition coefficient (Wildman–Crippen LogP) is 2.65. The molecule has 1 saturated heterocycles. The fourth-order valence-corrected chi connectivity index (χ4v) is 2.41. The van der Waals surface area contributed by atoms with Gasteiger partial charge in [-0.25, -0.2) is 0 Å². The van der Waals surface area contributed by atoms with E-state index < -0.39 is 11.8 Å². The summed E-state index contributed by atoms with van der Waals surface area (Å²) in [5.74, 6) is -0.357. The van der Waals surface area contributed by atoms with Crippen molar-refractivity contribution in [3.05, 3.63) is 28.7 Å². The predicted molar refractivity (Wildman–Crippen MR) is 75.0 cm³/mol. The summed E-state index contributed by atoms with van der Waals surface area (Å²) in [6, 6.07) is 6.93. The van der Waals surface area contributed by atoms with Crippen LogP contribution in [0.15, 0.2) is 28.7 Å². The van der Waals surface area contributed by atoms with Crippen LogP contribution in [-0.2, 0) is 9.53 Å². The number of methoxy groups -OCH3 is 1. The zero-order valence-corrected chi connectivity index (χ0v) is 12.8. The number of carbonyl (C=O) groups is 1. The molecule has 0 radical (unpaired) electrons. The summed E-state index contributed by atoms with van der Waals surface area (Å²) in [7, 11) is 1.03. The van der Waals surface area contributed by atoms with Crippen LogP contribution in [0.4, 0.5) is 18.9 Å². The van der Waals surface area contributed by atoms with Gasteiger partial charge in [0.2, 0.25) is 5.91 Å². The highest BCUT2D eigenvalue weighted by Crippen LogP contribution is 2.40. The minimum Gasteiger partial charge on any atom is -0.366 e. The highest BCUT2D eigenvalue weighted by atomic mass is 79.9. The fourth-order valence-electron chi connectivity index (χ4n) is 2.15. The summed E-state index contributed by atoms with van der Waals surface area (Å²) in [6.07, 6.45) is -4.43. The second kappa shape index (κ2) is 5.94. The molecule has 1 aromatic carbocycles. The number of amides is 1. The number of hydrogen-bond acceptors (Lipinski definition) is 3. The average molecular weight is 367 g/mol. The van der Waals surface area contributed by atoms with Gasteiger partial charge >= 0.3 is 6.18 Å². The Labute approximate surface area is 128 Å². The molecule has 21 heavy (non-hydrogen) atoms. The van der Waals surface area contributed by atoms with Crippen LogP contribution in [0.5, 0.6) is 0 Å². The van der Waals surface area contributed by atoms with Gasteiger partial charge in [-0.2, -0.15) is 13.2 Å². The standard InChI is InChI=1S/C13H14BrF3N2O2/c1-21-12(13(15,16)17)7-19(8-12)6-11(20)18-10-4-2-9(14)3-5-10/h2-5H,6-8H2,1H3,(H,18,20). The molecule has 1 aromatic rings. The molecule has 1 amide bonds. The van der Waals surface area contributed by atoms with Crippen molar-refractivity contribution in [1.29, 1.82) is 0 Å². The van der Waals surface area contributed by atoms with Crippen LogP contribution < -0.4 is 5.32 Å². The molecule has 0 atom stereocenters. The molecule has 0 bridgehead atoms. The van der Waals surface area contributed by atoms with Crippen LogP contribution in [-0.4, -0.2) is 49.3 Å². The van der Waals surface area contributed by atoms with E-state index in [2.05, 4.69) is 26.0 Å². The average Bonchev–Trinajstić information content (AvgIpc) is 2.34. The van der Waals surface area contributed by atoms with Crippen molar-refractivity contribution in [3.63, 3.8) is 0 Å². The van der Waals surface area contributed by atoms with Crippen molar-refractivity contribution in [3.8, 4) is 0 Å². The van der Waals surface area contributed by atoms with Crippen LogP contribution >= 0.6 is 15.9 Å². The van der Waals surface area contributed by atoms with Gasteiger partial charge in [-0.15, -0.1) is 0 Å². The van der Waals surface area contributed by atoms with Gasteiger partial charge in [0.1, 0.15) is 0 Å². The minimum absolute atomic E-state index is 0.0999. The van der Waals surface area contributed by atoms with Gasteiger partial charge in [-0.3, -0.25) is 9.69 Å². The zero-order chi connectivity index (χ0) is 15.7. The van der Waals surface area contributed by atoms with Crippen molar-refractivity contribution in [2.45, 2.75) is 11.8 Å². The van der Waals surface area contributed by atoms with Gasteiger partial charge in [0.25, 0.3) is 0 Å². The summed E-state index contributed by atoms with van der Waals surface area (Å²) in [5, 5.41) is 2.63. The molecule has 0 spiro atoms. The smallest absolute Gasteiger partial charge is 0.366 e. The second-order valence-corrected chi connectivity index (χ2v) is 5.81. The molecule has 116 valence electrons. The number of halogens is 4. The normalized spacial score (nSPS) is 18.1. The molecular formula is C13H14BrF3N2O2. The van der Waals surface area contributed by atoms with E-state index >= 15 is 0 Å². The minimum atomic E-state index is -4.43. The summed E-state index contributed by atoms with van der Waals surface area (Å²) in [4.78, 5) is 13.2. The summed E-state index contributed by atoms with van der Waals surface area (Å²) < 4.78 is 43.8. The molecular weight excluding hydrogens is 353 g/mol. The van der Waals surface area contributed by atoms with E-state index in [1.165, 1.54) is 4.90 Å². The Hall–Kier alpha value is -1.12. The first-order chi connectivity index (χ1) is 9.75. The third kappa shape index (κ3) is 3.56. The number of rotatable bonds is 4. The van der Waals surface area contributed by atoms with Crippen molar-refractivity contribution < 1.29 is 22.7 Å². The lowest BCUT2D eigenvalue weighted by atomic mass is 9.93. The van der Waals surface area contributed by atoms with Crippen LogP contribution in [0.3, 0.4) is 0 Å². The fraction of sp³-hybridized carbons (Fsp3) is 0.462. The van der Waals surface area contributed by atoms with E-state index in [4.69, 9.17) is 0 Å². The first-order valence-electron chi connectivity index (χ1n) is 6.15. The van der Waals surface area contributed by atoms with Crippen molar-refractivity contribution in [2.24, 2.45) is 0 Å². The number of hydrogen-bond donors (Lipinski definition) is 1. The number of carbonyl (C=O) groups excluding carboxylic acids is 1. The van der Waals surface area contributed by atoms with Crippen LogP contribution in [0.1, 0.15) is 0 Å². The Morgan fingerprint density at radius 3 is 2.43 bits per heavy atom. The Morgan fingerprint density at radius 1 is 1.38 bits per heavy atom. The third-order valence-electron chi connectivity index (χ3n) is 3.36. The molecule has 0 unspecified atom stereocenters. The lowest BCUT2D eigenvalue weighted by Gasteiger charge is -2.49. The SMILES string of the molecule is COC1(C(F)(F)F)CN(CC(=O)Nc2ccc(Br)cc2)C1. The van der Waals surface area contributed by atoms with Gasteiger partial charge in [-0.1, -0.05) is 15.9 Å². The molecule has 0 aliphatic carbocycles. The molecule has 2 rings (SSSR count). The Kier molecular flexibility index (Phi) is 4.60. The van der Waals surface area contributed by atoms with Gasteiger partial charge in [0, 0.05) is 30.4 Å². The van der Waals surface area contributed by atoms with E-state index in [1.54, 1.807) is 24.3 Å². The molecule has 0 saturated carbocycles. The summed E-state index contributed by atoms with van der Waals surface area (Å²) >= 11 is 3.27. The van der Waals surface area contributed by atoms with E-state index in [0.29, 0.717) is 5.69 Å². The maximum atomic E-state index is 12.8. The maximum absolute atomic E-state index is 12.8. The number of alkyl halides is 3. The molecule has 1 aliphatic heterocycles. The largest absolute Gasteiger partial charge is 0.419 e. The van der Waals surface area contributed by atoms with Crippen molar-refractivity contribution in [1.82, 2.24) is 4.90 Å². The van der Waals surface area contributed by atoms with Crippen molar-refractivity contribution in [2.75, 3.05) is 32.1 Å². The highest BCUT2D eigenvalue weighted by Gasteiger charge is 2.62. The summed E-state index contributed by atoms with van der Waals surface area (Å²) in [6.45, 7) is -0.765. The second-order valence-electron chi connectivity index (χ2n) is 4.90. The van der Waals surface area contributed by atoms with E-state index in [9.17, 15) is 18.0 Å². The van der Waals surface area contributed by atoms with Crippen LogP contribution in [0.25, 0.3) is 0 Å². The molecule has 8 heteroatoms. The number of nitrogens with zero attached hydrogens (tertiary/aromatic N) is 1. The molecule has 1 heterocycles. The molecule has 0 aromatic heterocycles. The quantitative estimate of drug-likeness (QED) is 0.890. The number of ether oxygens (including phenoxy) is 1. The van der Waals surface area contributed by atoms with Gasteiger partial charge in [0.15, 0.2) is 5.60 Å². The Morgan fingerprint density at radius 2 is 1.95 bits per heavy atom. The third-order valence-corrected chi connectivity index (χ3v) is 3.89. The van der Waals surface area contributed by atoms with E-state index in [0.717, 1.165) is 11.6 Å². The van der Waals surface area contributed by atoms with E-state index in [1.807, 2.05) is 0 Å². The topological polar surface area (TPSA) is 41.6 Å². The number of anilines is 1.